The van der Waals surface area contributed by atoms with E-state index in [-0.39, 0.29) is 17.5 Å². The zero-order valence-corrected chi connectivity index (χ0v) is 11.9. The number of carboxylic acids is 1. The van der Waals surface area contributed by atoms with E-state index in [1.807, 2.05) is 0 Å². The lowest BCUT2D eigenvalue weighted by Gasteiger charge is -2.12. The molecular formula is C13H15BrN2O3. The number of carboxylic acid groups (broad SMARTS) is 1. The van der Waals surface area contributed by atoms with Gasteiger partial charge in [0.1, 0.15) is 0 Å². The molecule has 1 aromatic rings. The van der Waals surface area contributed by atoms with Crippen LogP contribution in [-0.2, 0) is 4.79 Å². The molecule has 0 spiro atoms. The van der Waals surface area contributed by atoms with Crippen molar-refractivity contribution in [2.75, 3.05) is 11.9 Å². The SMILES string of the molecule is O=C(CC1CCCN1)Nc1cc(Br)ccc1C(=O)O. The minimum absolute atomic E-state index is 0.0935. The van der Waals surface area contributed by atoms with E-state index in [0.29, 0.717) is 12.1 Å². The number of aromatic carboxylic acids is 1. The van der Waals surface area contributed by atoms with Gasteiger partial charge in [0.25, 0.3) is 0 Å². The fourth-order valence-electron chi connectivity index (χ4n) is 2.16. The average molecular weight is 327 g/mol. The first kappa shape index (κ1) is 14.0. The van der Waals surface area contributed by atoms with Crippen molar-refractivity contribution in [2.24, 2.45) is 0 Å². The molecule has 1 heterocycles. The fraction of sp³-hybridized carbons (Fsp3) is 0.385. The lowest BCUT2D eigenvalue weighted by molar-refractivity contribution is -0.116. The average Bonchev–Trinajstić information content (AvgIpc) is 2.81. The van der Waals surface area contributed by atoms with Crippen LogP contribution in [0.3, 0.4) is 0 Å². The van der Waals surface area contributed by atoms with E-state index >= 15 is 0 Å². The molecule has 1 saturated heterocycles. The Morgan fingerprint density at radius 3 is 2.89 bits per heavy atom. The molecule has 0 aromatic heterocycles. The van der Waals surface area contributed by atoms with Crippen LogP contribution < -0.4 is 10.6 Å². The van der Waals surface area contributed by atoms with Gasteiger partial charge < -0.3 is 15.7 Å². The first-order valence-corrected chi connectivity index (χ1v) is 6.91. The third-order valence-electron chi connectivity index (χ3n) is 3.08. The van der Waals surface area contributed by atoms with E-state index in [1.165, 1.54) is 6.07 Å². The summed E-state index contributed by atoms with van der Waals surface area (Å²) in [6, 6.07) is 4.90. The number of rotatable bonds is 4. The number of amides is 1. The minimum atomic E-state index is -1.05. The Morgan fingerprint density at radius 1 is 1.47 bits per heavy atom. The van der Waals surface area contributed by atoms with Gasteiger partial charge in [-0.1, -0.05) is 15.9 Å². The molecule has 102 valence electrons. The van der Waals surface area contributed by atoms with Crippen molar-refractivity contribution in [3.05, 3.63) is 28.2 Å². The zero-order chi connectivity index (χ0) is 13.8. The van der Waals surface area contributed by atoms with Crippen molar-refractivity contribution >= 4 is 33.5 Å². The summed E-state index contributed by atoms with van der Waals surface area (Å²) in [5.41, 5.74) is 0.417. The molecule has 0 saturated carbocycles. The molecule has 1 unspecified atom stereocenters. The van der Waals surface area contributed by atoms with E-state index in [9.17, 15) is 9.59 Å². The maximum absolute atomic E-state index is 11.9. The molecule has 19 heavy (non-hydrogen) atoms. The summed E-state index contributed by atoms with van der Waals surface area (Å²) in [6.45, 7) is 0.940. The summed E-state index contributed by atoms with van der Waals surface area (Å²) in [5.74, 6) is -1.22. The van der Waals surface area contributed by atoms with Crippen LogP contribution in [0.1, 0.15) is 29.6 Å². The van der Waals surface area contributed by atoms with Crippen LogP contribution in [0, 0.1) is 0 Å². The Bertz CT molecular complexity index is 499. The highest BCUT2D eigenvalue weighted by atomic mass is 79.9. The monoisotopic (exact) mass is 326 g/mol. The summed E-state index contributed by atoms with van der Waals surface area (Å²) in [6.07, 6.45) is 2.43. The van der Waals surface area contributed by atoms with Gasteiger partial charge >= 0.3 is 5.97 Å². The quantitative estimate of drug-likeness (QED) is 0.792. The first-order chi connectivity index (χ1) is 9.06. The van der Waals surface area contributed by atoms with Crippen molar-refractivity contribution in [1.29, 1.82) is 0 Å². The number of anilines is 1. The minimum Gasteiger partial charge on any atom is -0.478 e. The molecule has 0 bridgehead atoms. The van der Waals surface area contributed by atoms with Gasteiger partial charge in [-0.05, 0) is 37.6 Å². The normalized spacial score (nSPS) is 18.3. The van der Waals surface area contributed by atoms with Crippen LogP contribution in [-0.4, -0.2) is 29.6 Å². The van der Waals surface area contributed by atoms with Gasteiger partial charge in [-0.3, -0.25) is 4.79 Å². The van der Waals surface area contributed by atoms with E-state index in [0.717, 1.165) is 23.9 Å². The largest absolute Gasteiger partial charge is 0.478 e. The van der Waals surface area contributed by atoms with Crippen molar-refractivity contribution in [1.82, 2.24) is 5.32 Å². The number of carbonyl (C=O) groups is 2. The van der Waals surface area contributed by atoms with Crippen LogP contribution in [0.5, 0.6) is 0 Å². The third-order valence-corrected chi connectivity index (χ3v) is 3.57. The lowest BCUT2D eigenvalue weighted by atomic mass is 10.1. The Balaban J connectivity index is 2.06. The van der Waals surface area contributed by atoms with Crippen molar-refractivity contribution in [3.8, 4) is 0 Å². The van der Waals surface area contributed by atoms with Crippen LogP contribution in [0.2, 0.25) is 0 Å². The summed E-state index contributed by atoms with van der Waals surface area (Å²) >= 11 is 3.27. The Hall–Kier alpha value is -1.40. The van der Waals surface area contributed by atoms with Gasteiger partial charge in [-0.25, -0.2) is 4.79 Å². The van der Waals surface area contributed by atoms with Gasteiger partial charge in [0.15, 0.2) is 0 Å². The van der Waals surface area contributed by atoms with Gasteiger partial charge in [0.2, 0.25) is 5.91 Å². The summed E-state index contributed by atoms with van der Waals surface area (Å²) in [5, 5.41) is 15.0. The Kier molecular flexibility index (Phi) is 4.55. The second kappa shape index (κ2) is 6.16. The molecule has 1 aliphatic heterocycles. The highest BCUT2D eigenvalue weighted by molar-refractivity contribution is 9.10. The van der Waals surface area contributed by atoms with E-state index in [4.69, 9.17) is 5.11 Å². The van der Waals surface area contributed by atoms with Crippen LogP contribution in [0.25, 0.3) is 0 Å². The maximum Gasteiger partial charge on any atom is 0.337 e. The van der Waals surface area contributed by atoms with E-state index in [2.05, 4.69) is 26.6 Å². The number of nitrogens with one attached hydrogen (secondary N) is 2. The molecule has 2 rings (SSSR count). The fourth-order valence-corrected chi connectivity index (χ4v) is 2.52. The smallest absolute Gasteiger partial charge is 0.337 e. The highest BCUT2D eigenvalue weighted by Gasteiger charge is 2.19. The lowest BCUT2D eigenvalue weighted by Crippen LogP contribution is -2.27. The van der Waals surface area contributed by atoms with E-state index < -0.39 is 5.97 Å². The van der Waals surface area contributed by atoms with Crippen LogP contribution >= 0.6 is 15.9 Å². The standard InChI is InChI=1S/C13H15BrN2O3/c14-8-3-4-10(13(18)19)11(6-8)16-12(17)7-9-2-1-5-15-9/h3-4,6,9,15H,1-2,5,7H2,(H,16,17)(H,18,19). The van der Waals surface area contributed by atoms with Crippen molar-refractivity contribution < 1.29 is 14.7 Å². The number of halogens is 1. The first-order valence-electron chi connectivity index (χ1n) is 6.12. The number of hydrogen-bond donors (Lipinski definition) is 3. The molecular weight excluding hydrogens is 312 g/mol. The molecule has 3 N–H and O–H groups in total. The van der Waals surface area contributed by atoms with Gasteiger partial charge in [0, 0.05) is 16.9 Å². The molecule has 0 aliphatic carbocycles. The molecule has 1 fully saturated rings. The molecule has 5 nitrogen and oxygen atoms in total. The Morgan fingerprint density at radius 2 is 2.26 bits per heavy atom. The predicted molar refractivity (Wildman–Crippen MR) is 75.4 cm³/mol. The van der Waals surface area contributed by atoms with Crippen molar-refractivity contribution in [2.45, 2.75) is 25.3 Å². The second-order valence-corrected chi connectivity index (χ2v) is 5.46. The maximum atomic E-state index is 11.9. The molecule has 1 amide bonds. The molecule has 1 aromatic carbocycles. The summed E-state index contributed by atoms with van der Waals surface area (Å²) < 4.78 is 0.729. The third kappa shape index (κ3) is 3.78. The molecule has 1 atom stereocenters. The zero-order valence-electron chi connectivity index (χ0n) is 10.3. The topological polar surface area (TPSA) is 78.4 Å². The van der Waals surface area contributed by atoms with E-state index in [1.54, 1.807) is 12.1 Å². The molecule has 1 aliphatic rings. The highest BCUT2D eigenvalue weighted by Crippen LogP contribution is 2.22. The second-order valence-electron chi connectivity index (χ2n) is 4.54. The van der Waals surface area contributed by atoms with Crippen LogP contribution in [0.15, 0.2) is 22.7 Å². The summed E-state index contributed by atoms with van der Waals surface area (Å²) in [7, 11) is 0. The number of benzene rings is 1. The van der Waals surface area contributed by atoms with Gasteiger partial charge in [-0.2, -0.15) is 0 Å². The number of hydrogen-bond acceptors (Lipinski definition) is 3. The molecule has 6 heteroatoms. The summed E-state index contributed by atoms with van der Waals surface area (Å²) in [4.78, 5) is 23.0. The van der Waals surface area contributed by atoms with Gasteiger partial charge in [0.05, 0.1) is 11.3 Å². The van der Waals surface area contributed by atoms with Crippen molar-refractivity contribution in [3.63, 3.8) is 0 Å². The van der Waals surface area contributed by atoms with Gasteiger partial charge in [-0.15, -0.1) is 0 Å². The van der Waals surface area contributed by atoms with Crippen LogP contribution in [0.4, 0.5) is 5.69 Å². The number of carbonyl (C=O) groups excluding carboxylic acids is 1. The predicted octanol–water partition coefficient (Wildman–Crippen LogP) is 2.23. The Labute approximate surface area is 119 Å². The molecule has 0 radical (unpaired) electrons.